The first kappa shape index (κ1) is 43.0. The number of unbranched alkanes of at least 4 members (excludes halogenated alkanes) is 1. The number of aliphatic hydroxyl groups excluding tert-OH is 3. The van der Waals surface area contributed by atoms with E-state index in [1.54, 1.807) is 32.1 Å². The molecular weight excluding hydrogens is 681 g/mol. The topological polar surface area (TPSA) is 143 Å². The summed E-state index contributed by atoms with van der Waals surface area (Å²) < 4.78 is 5.97. The first-order valence-corrected chi connectivity index (χ1v) is 19.2. The minimum atomic E-state index is -1.31. The van der Waals surface area contributed by atoms with Gasteiger partial charge in [0.2, 0.25) is 17.7 Å². The van der Waals surface area contributed by atoms with Crippen LogP contribution >= 0.6 is 11.8 Å². The van der Waals surface area contributed by atoms with Crippen LogP contribution in [0.5, 0.6) is 0 Å². The summed E-state index contributed by atoms with van der Waals surface area (Å²) in [6, 6.07) is 5.83. The van der Waals surface area contributed by atoms with Crippen molar-refractivity contribution in [2.75, 3.05) is 52.6 Å². The summed E-state index contributed by atoms with van der Waals surface area (Å²) in [4.78, 5) is 43.7. The molecule has 286 valence electrons. The second-order valence-corrected chi connectivity index (χ2v) is 15.3. The lowest BCUT2D eigenvalue weighted by Gasteiger charge is -2.40. The fourth-order valence-corrected chi connectivity index (χ4v) is 6.99. The predicted octanol–water partition coefficient (Wildman–Crippen LogP) is 3.13. The average Bonchev–Trinajstić information content (AvgIpc) is 3.11. The van der Waals surface area contributed by atoms with Gasteiger partial charge in [-0.1, -0.05) is 54.5 Å². The summed E-state index contributed by atoms with van der Waals surface area (Å²) in [6.45, 7) is 14.2. The Morgan fingerprint density at radius 3 is 2.40 bits per heavy atom. The molecule has 2 fully saturated rings. The number of amides is 3. The van der Waals surface area contributed by atoms with Gasteiger partial charge in [-0.05, 0) is 81.9 Å². The Labute approximate surface area is 314 Å². The molecule has 11 nitrogen and oxygen atoms in total. The first-order valence-electron chi connectivity index (χ1n) is 17.9. The maximum Gasteiger partial charge on any atom is 0.247 e. The molecule has 12 heteroatoms. The van der Waals surface area contributed by atoms with E-state index in [-0.39, 0.29) is 30.8 Å². The highest BCUT2D eigenvalue weighted by molar-refractivity contribution is 7.99. The van der Waals surface area contributed by atoms with Crippen LogP contribution in [0.1, 0.15) is 69.2 Å². The zero-order chi connectivity index (χ0) is 38.6. The summed E-state index contributed by atoms with van der Waals surface area (Å²) in [7, 11) is 1.68. The van der Waals surface area contributed by atoms with E-state index in [1.165, 1.54) is 22.2 Å². The van der Waals surface area contributed by atoms with Gasteiger partial charge >= 0.3 is 0 Å². The van der Waals surface area contributed by atoms with E-state index in [0.29, 0.717) is 45.4 Å². The van der Waals surface area contributed by atoms with E-state index in [0.717, 1.165) is 35.1 Å². The van der Waals surface area contributed by atoms with Crippen LogP contribution in [0.4, 0.5) is 0 Å². The summed E-state index contributed by atoms with van der Waals surface area (Å²) in [5.74, 6) is 2.12. The minimum Gasteiger partial charge on any atom is -0.387 e. The highest BCUT2D eigenvalue weighted by Gasteiger charge is 2.44. The summed E-state index contributed by atoms with van der Waals surface area (Å²) in [5, 5.41) is 34.2. The Balaban J connectivity index is 1.46. The van der Waals surface area contributed by atoms with Crippen LogP contribution in [0.3, 0.4) is 0 Å². The average molecular weight is 739 g/mol. The van der Waals surface area contributed by atoms with E-state index in [2.05, 4.69) is 30.8 Å². The van der Waals surface area contributed by atoms with Gasteiger partial charge < -0.3 is 35.2 Å². The second-order valence-electron chi connectivity index (χ2n) is 14.4. The quantitative estimate of drug-likeness (QED) is 0.114. The van der Waals surface area contributed by atoms with Gasteiger partial charge in [0, 0.05) is 39.6 Å². The van der Waals surface area contributed by atoms with E-state index in [9.17, 15) is 29.7 Å². The molecular formula is C40H58N4O7S. The monoisotopic (exact) mass is 738 g/mol. The fraction of sp³-hybridized carbons (Fsp3) is 0.575. The van der Waals surface area contributed by atoms with Crippen LogP contribution in [0.2, 0.25) is 0 Å². The van der Waals surface area contributed by atoms with Crippen molar-refractivity contribution < 1.29 is 34.4 Å². The van der Waals surface area contributed by atoms with Crippen molar-refractivity contribution in [2.24, 2.45) is 0 Å². The number of aliphatic hydroxyl groups is 3. The number of carbonyl (C=O) groups excluding carboxylic acids is 3. The largest absolute Gasteiger partial charge is 0.387 e. The van der Waals surface area contributed by atoms with Crippen molar-refractivity contribution in [3.05, 3.63) is 70.8 Å². The zero-order valence-corrected chi connectivity index (χ0v) is 32.5. The number of aryl methyl sites for hydroxylation is 1. The maximum atomic E-state index is 13.3. The number of ether oxygens (including phenoxy) is 1. The molecule has 3 amide bonds. The lowest BCUT2D eigenvalue weighted by Crippen LogP contribution is -2.60. The minimum absolute atomic E-state index is 0.0502. The fourth-order valence-electron chi connectivity index (χ4n) is 6.32. The van der Waals surface area contributed by atoms with Crippen molar-refractivity contribution >= 4 is 29.5 Å². The molecule has 3 rings (SSSR count). The summed E-state index contributed by atoms with van der Waals surface area (Å²) in [6.07, 6.45) is 11.8. The number of hydrogen-bond donors (Lipinski definition) is 4. The third-order valence-corrected chi connectivity index (χ3v) is 10.6. The number of benzene rings is 1. The van der Waals surface area contributed by atoms with Crippen molar-refractivity contribution in [2.45, 2.75) is 95.2 Å². The van der Waals surface area contributed by atoms with Gasteiger partial charge in [-0.2, -0.15) is 0 Å². The molecule has 0 aromatic heterocycles. The maximum absolute atomic E-state index is 13.3. The number of hydrogen-bond acceptors (Lipinski definition) is 9. The number of terminal acetylenes is 1. The van der Waals surface area contributed by atoms with Crippen molar-refractivity contribution in [3.8, 4) is 12.3 Å². The number of nitrogens with one attached hydrogen (secondary N) is 1. The molecule has 0 aliphatic carbocycles. The van der Waals surface area contributed by atoms with Gasteiger partial charge in [-0.3, -0.25) is 19.3 Å². The molecule has 4 N–H and O–H groups in total. The van der Waals surface area contributed by atoms with Crippen molar-refractivity contribution in [3.63, 3.8) is 0 Å². The number of likely N-dealkylation sites (N-methyl/N-ethyl adjacent to an activating group) is 1. The smallest absolute Gasteiger partial charge is 0.247 e. The van der Waals surface area contributed by atoms with Crippen LogP contribution in [0, 0.1) is 19.3 Å². The Kier molecular flexibility index (Phi) is 16.6. The molecule has 2 heterocycles. The SMILES string of the molecule is C#CCN(C)C(=O)CN1CCN(C(=O)C(C)(C)NC(=O)CCCC/C(C)=C/C=C(\C=C)Cc2cc([C@@H]3O[C@H](SC)[C@@H](O)[C@H](O)[C@H]3O)ccc2C)CC1. The first-order chi connectivity index (χ1) is 24.6. The Bertz CT molecular complexity index is 1510. The van der Waals surface area contributed by atoms with E-state index >= 15 is 0 Å². The lowest BCUT2D eigenvalue weighted by atomic mass is 9.91. The van der Waals surface area contributed by atoms with E-state index in [4.69, 9.17) is 11.2 Å². The number of carbonyl (C=O) groups is 3. The molecule has 0 unspecified atom stereocenters. The molecule has 2 aliphatic heterocycles. The molecule has 5 atom stereocenters. The number of nitrogens with zero attached hydrogens (tertiary/aromatic N) is 3. The van der Waals surface area contributed by atoms with Crippen molar-refractivity contribution in [1.82, 2.24) is 20.0 Å². The van der Waals surface area contributed by atoms with E-state index in [1.807, 2.05) is 42.2 Å². The molecule has 0 bridgehead atoms. The Morgan fingerprint density at radius 2 is 1.77 bits per heavy atom. The molecule has 0 saturated carbocycles. The number of rotatable bonds is 16. The third-order valence-electron chi connectivity index (χ3n) is 9.73. The number of thioether (sulfide) groups is 1. The molecule has 52 heavy (non-hydrogen) atoms. The van der Waals surface area contributed by atoms with Crippen LogP contribution in [0.25, 0.3) is 0 Å². The lowest BCUT2D eigenvalue weighted by molar-refractivity contribution is -0.200. The third kappa shape index (κ3) is 12.0. The van der Waals surface area contributed by atoms with Crippen LogP contribution in [-0.2, 0) is 25.5 Å². The summed E-state index contributed by atoms with van der Waals surface area (Å²) in [5.41, 5.74) is 3.34. The highest BCUT2D eigenvalue weighted by Crippen LogP contribution is 2.36. The molecule has 1 aromatic rings. The second kappa shape index (κ2) is 20.1. The van der Waals surface area contributed by atoms with Gasteiger partial charge in [0.1, 0.15) is 35.4 Å². The summed E-state index contributed by atoms with van der Waals surface area (Å²) >= 11 is 1.29. The highest BCUT2D eigenvalue weighted by atomic mass is 32.2. The molecule has 2 saturated heterocycles. The van der Waals surface area contributed by atoms with Crippen LogP contribution in [-0.4, -0.2) is 130 Å². The van der Waals surface area contributed by atoms with Gasteiger partial charge in [0.05, 0.1) is 13.1 Å². The molecule has 0 spiro atoms. The van der Waals surface area contributed by atoms with Gasteiger partial charge in [0.25, 0.3) is 0 Å². The van der Waals surface area contributed by atoms with Gasteiger partial charge in [-0.25, -0.2) is 0 Å². The van der Waals surface area contributed by atoms with Crippen LogP contribution in [0.15, 0.2) is 54.2 Å². The number of piperazine rings is 1. The molecule has 0 radical (unpaired) electrons. The van der Waals surface area contributed by atoms with E-state index < -0.39 is 35.4 Å². The van der Waals surface area contributed by atoms with Crippen molar-refractivity contribution in [1.29, 1.82) is 0 Å². The van der Waals surface area contributed by atoms with Gasteiger partial charge in [-0.15, -0.1) is 18.2 Å². The zero-order valence-electron chi connectivity index (χ0n) is 31.6. The number of allylic oxidation sites excluding steroid dienone is 5. The van der Waals surface area contributed by atoms with Crippen LogP contribution < -0.4 is 5.32 Å². The Hall–Kier alpha value is -3.44. The molecule has 2 aliphatic rings. The predicted molar refractivity (Wildman–Crippen MR) is 206 cm³/mol. The normalized spacial score (nSPS) is 23.2. The Morgan fingerprint density at radius 1 is 1.10 bits per heavy atom. The standard InChI is InChI=1S/C40H58N4O7S/c1-9-19-42(7)33(46)26-43-20-22-44(23-21-43)39(50)40(5,6)41-32(45)14-12-11-13-27(3)15-17-29(10-2)24-31-25-30(18-16-28(31)4)37-35(48)34(47)36(49)38(51-37)52-8/h1,10,15-18,25,34-38,47-49H,2,11-14,19-24,26H2,3-8H3,(H,41,45)/b27-15+,29-17+/t34-,35-,36+,37+,38-/m1/s1. The van der Waals surface area contributed by atoms with Gasteiger partial charge in [0.15, 0.2) is 0 Å². The molecule has 1 aromatic carbocycles.